The zero-order valence-electron chi connectivity index (χ0n) is 14.4. The Morgan fingerprint density at radius 2 is 1.81 bits per heavy atom. The Morgan fingerprint density at radius 3 is 2.65 bits per heavy atom. The SMILES string of the molecule is CN(Cc1cccc(F)c1)Cc1cc(=O)oc2ccc3ccccc3c12. The molecule has 26 heavy (non-hydrogen) atoms. The molecule has 0 saturated carbocycles. The Kier molecular flexibility index (Phi) is 4.27. The lowest BCUT2D eigenvalue weighted by atomic mass is 10.0. The lowest BCUT2D eigenvalue weighted by Crippen LogP contribution is -2.18. The maximum atomic E-state index is 13.4. The van der Waals surface area contributed by atoms with Gasteiger partial charge < -0.3 is 4.42 Å². The van der Waals surface area contributed by atoms with Gasteiger partial charge in [-0.3, -0.25) is 4.90 Å². The molecular weight excluding hydrogens is 329 g/mol. The van der Waals surface area contributed by atoms with E-state index in [1.54, 1.807) is 12.1 Å². The quantitative estimate of drug-likeness (QED) is 0.396. The minimum absolute atomic E-state index is 0.243. The Labute approximate surface area is 150 Å². The van der Waals surface area contributed by atoms with Crippen molar-refractivity contribution in [1.82, 2.24) is 4.90 Å². The highest BCUT2D eigenvalue weighted by Crippen LogP contribution is 2.28. The largest absolute Gasteiger partial charge is 0.423 e. The minimum atomic E-state index is -0.359. The summed E-state index contributed by atoms with van der Waals surface area (Å²) in [5, 5.41) is 3.11. The second kappa shape index (κ2) is 6.73. The Hall–Kier alpha value is -2.98. The van der Waals surface area contributed by atoms with E-state index in [-0.39, 0.29) is 11.4 Å². The van der Waals surface area contributed by atoms with Gasteiger partial charge in [-0.05, 0) is 47.1 Å². The molecule has 130 valence electrons. The maximum absolute atomic E-state index is 13.4. The lowest BCUT2D eigenvalue weighted by molar-refractivity contribution is 0.319. The van der Waals surface area contributed by atoms with Crippen LogP contribution in [-0.2, 0) is 13.1 Å². The number of hydrogen-bond acceptors (Lipinski definition) is 3. The molecule has 0 N–H and O–H groups in total. The van der Waals surface area contributed by atoms with Crippen molar-refractivity contribution >= 4 is 21.7 Å². The average molecular weight is 347 g/mol. The summed E-state index contributed by atoms with van der Waals surface area (Å²) in [4.78, 5) is 14.1. The van der Waals surface area contributed by atoms with Gasteiger partial charge in [-0.2, -0.15) is 0 Å². The Morgan fingerprint density at radius 1 is 0.962 bits per heavy atom. The molecule has 0 atom stereocenters. The van der Waals surface area contributed by atoms with Crippen LogP contribution in [0.3, 0.4) is 0 Å². The van der Waals surface area contributed by atoms with E-state index in [9.17, 15) is 9.18 Å². The second-order valence-electron chi connectivity index (χ2n) is 6.55. The van der Waals surface area contributed by atoms with E-state index in [0.717, 1.165) is 27.3 Å². The van der Waals surface area contributed by atoms with E-state index in [2.05, 4.69) is 4.90 Å². The summed E-state index contributed by atoms with van der Waals surface area (Å²) in [6, 6.07) is 20.0. The third-order valence-corrected chi connectivity index (χ3v) is 4.50. The van der Waals surface area contributed by atoms with Gasteiger partial charge in [0.05, 0.1) is 0 Å². The number of nitrogens with zero attached hydrogens (tertiary/aromatic N) is 1. The third-order valence-electron chi connectivity index (χ3n) is 4.50. The van der Waals surface area contributed by atoms with Crippen LogP contribution in [0, 0.1) is 5.82 Å². The van der Waals surface area contributed by atoms with Gasteiger partial charge in [0.2, 0.25) is 0 Å². The van der Waals surface area contributed by atoms with Crippen LogP contribution in [0.25, 0.3) is 21.7 Å². The van der Waals surface area contributed by atoms with Gasteiger partial charge in [0.15, 0.2) is 0 Å². The highest BCUT2D eigenvalue weighted by molar-refractivity contribution is 6.07. The second-order valence-corrected chi connectivity index (χ2v) is 6.55. The van der Waals surface area contributed by atoms with Crippen molar-refractivity contribution in [2.75, 3.05) is 7.05 Å². The number of halogens is 1. The molecule has 0 fully saturated rings. The van der Waals surface area contributed by atoms with E-state index in [1.807, 2.05) is 49.5 Å². The standard InChI is InChI=1S/C22H18FNO2/c1-24(13-15-5-4-7-18(23)11-15)14-17-12-21(25)26-20-10-9-16-6-2-3-8-19(16)22(17)20/h2-12H,13-14H2,1H3. The zero-order valence-corrected chi connectivity index (χ0v) is 14.4. The summed E-state index contributed by atoms with van der Waals surface area (Å²) in [7, 11) is 1.95. The molecule has 0 radical (unpaired) electrons. The summed E-state index contributed by atoms with van der Waals surface area (Å²) >= 11 is 0. The van der Waals surface area contributed by atoms with E-state index in [4.69, 9.17) is 4.42 Å². The Bertz CT molecular complexity index is 1150. The monoisotopic (exact) mass is 347 g/mol. The van der Waals surface area contributed by atoms with Crippen molar-refractivity contribution in [3.63, 3.8) is 0 Å². The summed E-state index contributed by atoms with van der Waals surface area (Å²) in [6.07, 6.45) is 0. The first-order valence-corrected chi connectivity index (χ1v) is 8.47. The van der Waals surface area contributed by atoms with Crippen molar-refractivity contribution in [3.05, 3.63) is 94.1 Å². The molecule has 4 rings (SSSR count). The van der Waals surface area contributed by atoms with Crippen molar-refractivity contribution in [1.29, 1.82) is 0 Å². The fourth-order valence-corrected chi connectivity index (χ4v) is 3.44. The molecule has 4 aromatic rings. The van der Waals surface area contributed by atoms with E-state index >= 15 is 0 Å². The highest BCUT2D eigenvalue weighted by Gasteiger charge is 2.12. The van der Waals surface area contributed by atoms with Crippen LogP contribution in [0.15, 0.2) is 75.9 Å². The van der Waals surface area contributed by atoms with Crippen LogP contribution in [0.5, 0.6) is 0 Å². The minimum Gasteiger partial charge on any atom is -0.423 e. The van der Waals surface area contributed by atoms with E-state index < -0.39 is 0 Å². The van der Waals surface area contributed by atoms with E-state index in [0.29, 0.717) is 18.7 Å². The predicted molar refractivity (Wildman–Crippen MR) is 102 cm³/mol. The fraction of sp³-hybridized carbons (Fsp3) is 0.136. The third kappa shape index (κ3) is 3.24. The molecule has 0 amide bonds. The summed E-state index contributed by atoms with van der Waals surface area (Å²) in [5.41, 5.74) is 2.03. The van der Waals surface area contributed by atoms with Gasteiger partial charge in [-0.25, -0.2) is 9.18 Å². The first-order valence-electron chi connectivity index (χ1n) is 8.47. The number of rotatable bonds is 4. The number of fused-ring (bicyclic) bond motifs is 3. The fourth-order valence-electron chi connectivity index (χ4n) is 3.44. The van der Waals surface area contributed by atoms with Gasteiger partial charge in [0.25, 0.3) is 0 Å². The number of hydrogen-bond donors (Lipinski definition) is 0. The summed E-state index contributed by atoms with van der Waals surface area (Å²) in [6.45, 7) is 1.15. The van der Waals surface area contributed by atoms with Gasteiger partial charge in [0.1, 0.15) is 11.4 Å². The van der Waals surface area contributed by atoms with Gasteiger partial charge in [0, 0.05) is 24.5 Å². The van der Waals surface area contributed by atoms with Crippen LogP contribution < -0.4 is 5.63 Å². The van der Waals surface area contributed by atoms with Gasteiger partial charge >= 0.3 is 5.63 Å². The zero-order chi connectivity index (χ0) is 18.1. The topological polar surface area (TPSA) is 33.5 Å². The molecule has 1 aromatic heterocycles. The molecule has 3 aromatic carbocycles. The van der Waals surface area contributed by atoms with Crippen LogP contribution in [0.2, 0.25) is 0 Å². The van der Waals surface area contributed by atoms with Crippen molar-refractivity contribution < 1.29 is 8.81 Å². The molecule has 3 nitrogen and oxygen atoms in total. The first kappa shape index (κ1) is 16.5. The molecule has 0 unspecified atom stereocenters. The maximum Gasteiger partial charge on any atom is 0.336 e. The Balaban J connectivity index is 1.75. The van der Waals surface area contributed by atoms with Crippen LogP contribution >= 0.6 is 0 Å². The molecule has 0 aliphatic heterocycles. The first-order chi connectivity index (χ1) is 12.6. The van der Waals surface area contributed by atoms with Crippen LogP contribution in [0.4, 0.5) is 4.39 Å². The molecule has 0 saturated heterocycles. The number of benzene rings is 3. The van der Waals surface area contributed by atoms with Gasteiger partial charge in [-0.15, -0.1) is 0 Å². The smallest absolute Gasteiger partial charge is 0.336 e. The molecule has 4 heteroatoms. The normalized spacial score (nSPS) is 11.5. The van der Waals surface area contributed by atoms with Crippen molar-refractivity contribution in [2.45, 2.75) is 13.1 Å². The van der Waals surface area contributed by atoms with Crippen LogP contribution in [0.1, 0.15) is 11.1 Å². The molecule has 0 aliphatic rings. The molecule has 0 aliphatic carbocycles. The van der Waals surface area contributed by atoms with Crippen molar-refractivity contribution in [3.8, 4) is 0 Å². The highest BCUT2D eigenvalue weighted by atomic mass is 19.1. The molecule has 1 heterocycles. The summed E-state index contributed by atoms with van der Waals surface area (Å²) in [5.74, 6) is -0.243. The van der Waals surface area contributed by atoms with E-state index in [1.165, 1.54) is 12.1 Å². The van der Waals surface area contributed by atoms with Crippen molar-refractivity contribution in [2.24, 2.45) is 0 Å². The average Bonchev–Trinajstić information content (AvgIpc) is 2.61. The van der Waals surface area contributed by atoms with Gasteiger partial charge in [-0.1, -0.05) is 42.5 Å². The predicted octanol–water partition coefficient (Wildman–Crippen LogP) is 4.72. The molecular formula is C22H18FNO2. The summed E-state index contributed by atoms with van der Waals surface area (Å²) < 4.78 is 18.8. The molecule has 0 bridgehead atoms. The van der Waals surface area contributed by atoms with Crippen LogP contribution in [-0.4, -0.2) is 11.9 Å². The lowest BCUT2D eigenvalue weighted by Gasteiger charge is -2.18. The molecule has 0 spiro atoms.